The van der Waals surface area contributed by atoms with E-state index in [9.17, 15) is 4.79 Å². The average molecular weight is 374 g/mol. The molecule has 2 aliphatic rings. The van der Waals surface area contributed by atoms with Crippen molar-refractivity contribution in [3.63, 3.8) is 0 Å². The molecule has 2 heterocycles. The third kappa shape index (κ3) is 4.07. The fourth-order valence-electron chi connectivity index (χ4n) is 4.02. The first-order valence-electron chi connectivity index (χ1n) is 9.68. The Morgan fingerprint density at radius 1 is 1.23 bits per heavy atom. The summed E-state index contributed by atoms with van der Waals surface area (Å²) >= 11 is 1.87. The van der Waals surface area contributed by atoms with E-state index in [0.717, 1.165) is 54.4 Å². The lowest BCUT2D eigenvalue weighted by Crippen LogP contribution is -2.19. The highest BCUT2D eigenvalue weighted by Crippen LogP contribution is 2.27. The highest BCUT2D eigenvalue weighted by Gasteiger charge is 2.17. The molecule has 0 unspecified atom stereocenters. The van der Waals surface area contributed by atoms with Crippen molar-refractivity contribution in [2.75, 3.05) is 18.5 Å². The fourth-order valence-corrected chi connectivity index (χ4v) is 5.07. The molecule has 5 nitrogen and oxygen atoms in total. The van der Waals surface area contributed by atoms with Crippen molar-refractivity contribution in [2.45, 2.75) is 62.5 Å². The number of hydrogen-bond donors (Lipinski definition) is 2. The molecule has 4 rings (SSSR count). The second kappa shape index (κ2) is 8.01. The van der Waals surface area contributed by atoms with Crippen molar-refractivity contribution in [3.8, 4) is 0 Å². The Morgan fingerprint density at radius 2 is 2.00 bits per heavy atom. The molecular formula is C20H27N3O2S. The number of fused-ring (bicyclic) bond motifs is 1. The van der Waals surface area contributed by atoms with Gasteiger partial charge in [0.2, 0.25) is 0 Å². The van der Waals surface area contributed by atoms with Gasteiger partial charge in [0.15, 0.2) is 0 Å². The predicted octanol–water partition coefficient (Wildman–Crippen LogP) is 4.00. The van der Waals surface area contributed by atoms with E-state index in [1.807, 2.05) is 24.8 Å². The summed E-state index contributed by atoms with van der Waals surface area (Å²) < 4.78 is 5.42. The fraction of sp³-hybridized carbons (Fsp3) is 0.600. The summed E-state index contributed by atoms with van der Waals surface area (Å²) in [6, 6.07) is 4.67. The third-order valence-corrected chi connectivity index (χ3v) is 6.79. The Labute approximate surface area is 158 Å². The maximum absolute atomic E-state index is 12.6. The normalized spacial score (nSPS) is 19.3. The number of nitrogens with one attached hydrogen (secondary N) is 2. The van der Waals surface area contributed by atoms with Gasteiger partial charge < -0.3 is 15.0 Å². The molecule has 0 spiro atoms. The number of anilines is 1. The predicted molar refractivity (Wildman–Crippen MR) is 108 cm³/mol. The quantitative estimate of drug-likeness (QED) is 0.829. The first kappa shape index (κ1) is 17.9. The highest BCUT2D eigenvalue weighted by molar-refractivity contribution is 7.99. The summed E-state index contributed by atoms with van der Waals surface area (Å²) in [7, 11) is 0. The number of rotatable bonds is 5. The summed E-state index contributed by atoms with van der Waals surface area (Å²) in [5, 5.41) is 4.93. The lowest BCUT2D eigenvalue weighted by atomic mass is 10.1. The molecule has 2 N–H and O–H groups in total. The molecule has 1 aromatic heterocycles. The molecule has 140 valence electrons. The standard InChI is InChI=1S/C20H27N3O2S/c1-13-10-15(21-14-4-2-3-5-14)11-17-19(13)20(24)23-18(22-17)12-26-16-6-8-25-9-7-16/h10-11,14,16,21H,2-9,12H2,1H3,(H,22,23,24). The lowest BCUT2D eigenvalue weighted by molar-refractivity contribution is 0.1000. The molecule has 1 saturated heterocycles. The van der Waals surface area contributed by atoms with Crippen LogP contribution < -0.4 is 10.9 Å². The van der Waals surface area contributed by atoms with Crippen LogP contribution in [-0.4, -0.2) is 34.5 Å². The smallest absolute Gasteiger partial charge is 0.259 e. The molecule has 1 aliphatic heterocycles. The van der Waals surface area contributed by atoms with Crippen molar-refractivity contribution in [3.05, 3.63) is 33.9 Å². The largest absolute Gasteiger partial charge is 0.382 e. The van der Waals surface area contributed by atoms with Crippen LogP contribution in [0.2, 0.25) is 0 Å². The second-order valence-corrected chi connectivity index (χ2v) is 8.74. The maximum Gasteiger partial charge on any atom is 0.259 e. The molecule has 0 amide bonds. The Kier molecular flexibility index (Phi) is 5.50. The molecule has 1 saturated carbocycles. The number of aromatic amines is 1. The van der Waals surface area contributed by atoms with Crippen molar-refractivity contribution in [2.24, 2.45) is 0 Å². The Morgan fingerprint density at radius 3 is 2.77 bits per heavy atom. The summed E-state index contributed by atoms with van der Waals surface area (Å²) in [5.74, 6) is 1.52. The van der Waals surface area contributed by atoms with Gasteiger partial charge in [0, 0.05) is 30.2 Å². The number of aromatic nitrogens is 2. The summed E-state index contributed by atoms with van der Waals surface area (Å²) in [4.78, 5) is 20.3. The number of nitrogens with zero attached hydrogens (tertiary/aromatic N) is 1. The second-order valence-electron chi connectivity index (χ2n) is 7.45. The minimum atomic E-state index is -0.0255. The van der Waals surface area contributed by atoms with E-state index in [0.29, 0.717) is 16.7 Å². The van der Waals surface area contributed by atoms with Gasteiger partial charge in [-0.3, -0.25) is 4.79 Å². The van der Waals surface area contributed by atoms with Crippen LogP contribution in [0.25, 0.3) is 10.9 Å². The molecular weight excluding hydrogens is 346 g/mol. The zero-order valence-electron chi connectivity index (χ0n) is 15.3. The number of aryl methyl sites for hydroxylation is 1. The molecule has 26 heavy (non-hydrogen) atoms. The zero-order valence-corrected chi connectivity index (χ0v) is 16.2. The van der Waals surface area contributed by atoms with E-state index in [-0.39, 0.29) is 5.56 Å². The number of benzene rings is 1. The van der Waals surface area contributed by atoms with Crippen molar-refractivity contribution >= 4 is 28.4 Å². The first-order valence-corrected chi connectivity index (χ1v) is 10.7. The molecule has 0 bridgehead atoms. The lowest BCUT2D eigenvalue weighted by Gasteiger charge is -2.21. The van der Waals surface area contributed by atoms with Crippen LogP contribution in [0.3, 0.4) is 0 Å². The minimum absolute atomic E-state index is 0.0255. The van der Waals surface area contributed by atoms with Crippen LogP contribution in [0, 0.1) is 6.92 Å². The van der Waals surface area contributed by atoms with Gasteiger partial charge in [-0.1, -0.05) is 12.8 Å². The zero-order chi connectivity index (χ0) is 17.9. The maximum atomic E-state index is 12.6. The number of ether oxygens (including phenoxy) is 1. The van der Waals surface area contributed by atoms with Gasteiger partial charge >= 0.3 is 0 Å². The van der Waals surface area contributed by atoms with E-state index in [1.165, 1.54) is 25.7 Å². The summed E-state index contributed by atoms with van der Waals surface area (Å²) in [6.07, 6.45) is 7.22. The molecule has 6 heteroatoms. The number of thioether (sulfide) groups is 1. The molecule has 0 radical (unpaired) electrons. The van der Waals surface area contributed by atoms with Crippen molar-refractivity contribution in [1.29, 1.82) is 0 Å². The van der Waals surface area contributed by atoms with Gasteiger partial charge in [0.25, 0.3) is 5.56 Å². The monoisotopic (exact) mass is 373 g/mol. The minimum Gasteiger partial charge on any atom is -0.382 e. The number of hydrogen-bond acceptors (Lipinski definition) is 5. The van der Waals surface area contributed by atoms with Crippen LogP contribution in [0.5, 0.6) is 0 Å². The Balaban J connectivity index is 1.55. The van der Waals surface area contributed by atoms with E-state index < -0.39 is 0 Å². The topological polar surface area (TPSA) is 67.0 Å². The molecule has 1 aromatic carbocycles. The van der Waals surface area contributed by atoms with E-state index in [2.05, 4.69) is 16.4 Å². The Bertz CT molecular complexity index is 824. The van der Waals surface area contributed by atoms with E-state index in [4.69, 9.17) is 9.72 Å². The van der Waals surface area contributed by atoms with Gasteiger partial charge in [0.05, 0.1) is 16.7 Å². The van der Waals surface area contributed by atoms with Gasteiger partial charge in [-0.05, 0) is 50.3 Å². The van der Waals surface area contributed by atoms with Gasteiger partial charge in [-0.25, -0.2) is 4.98 Å². The first-order chi connectivity index (χ1) is 12.7. The summed E-state index contributed by atoms with van der Waals surface area (Å²) in [6.45, 7) is 3.68. The van der Waals surface area contributed by atoms with Crippen LogP contribution in [0.4, 0.5) is 5.69 Å². The van der Waals surface area contributed by atoms with Gasteiger partial charge in [-0.2, -0.15) is 11.8 Å². The van der Waals surface area contributed by atoms with Crippen molar-refractivity contribution in [1.82, 2.24) is 9.97 Å². The van der Waals surface area contributed by atoms with Crippen molar-refractivity contribution < 1.29 is 4.74 Å². The third-order valence-electron chi connectivity index (χ3n) is 5.41. The van der Waals surface area contributed by atoms with Crippen LogP contribution >= 0.6 is 11.8 Å². The molecule has 0 atom stereocenters. The van der Waals surface area contributed by atoms with Crippen LogP contribution in [-0.2, 0) is 10.5 Å². The molecule has 2 fully saturated rings. The molecule has 1 aliphatic carbocycles. The van der Waals surface area contributed by atoms with Crippen LogP contribution in [0.15, 0.2) is 16.9 Å². The highest BCUT2D eigenvalue weighted by atomic mass is 32.2. The SMILES string of the molecule is Cc1cc(NC2CCCC2)cc2nc(CSC3CCOCC3)[nH]c(=O)c12. The number of H-pyrrole nitrogens is 1. The van der Waals surface area contributed by atoms with E-state index in [1.54, 1.807) is 0 Å². The molecule has 2 aromatic rings. The Hall–Kier alpha value is -1.53. The van der Waals surface area contributed by atoms with Crippen LogP contribution in [0.1, 0.15) is 49.9 Å². The van der Waals surface area contributed by atoms with Gasteiger partial charge in [0.1, 0.15) is 5.82 Å². The van der Waals surface area contributed by atoms with Gasteiger partial charge in [-0.15, -0.1) is 0 Å². The summed E-state index contributed by atoms with van der Waals surface area (Å²) in [5.41, 5.74) is 2.85. The van der Waals surface area contributed by atoms with E-state index >= 15 is 0 Å². The average Bonchev–Trinajstić information content (AvgIpc) is 3.13.